The first-order chi connectivity index (χ1) is 22.4. The smallest absolute Gasteiger partial charge is 0.302 e. The van der Waals surface area contributed by atoms with E-state index in [1.807, 2.05) is 6.92 Å². The summed E-state index contributed by atoms with van der Waals surface area (Å²) in [6.07, 6.45) is 1.68. The Morgan fingerprint density at radius 3 is 2.38 bits per heavy atom. The van der Waals surface area contributed by atoms with Crippen LogP contribution in [0.25, 0.3) is 0 Å². The molecule has 4 heterocycles. The normalized spacial score (nSPS) is 61.6. The van der Waals surface area contributed by atoms with Crippen LogP contribution in [-0.4, -0.2) is 99.7 Å². The molecule has 18 atom stereocenters. The Morgan fingerprint density at radius 1 is 0.958 bits per heavy atom. The van der Waals surface area contributed by atoms with Gasteiger partial charge in [0.25, 0.3) is 0 Å². The zero-order valence-electron chi connectivity index (χ0n) is 29.3. The minimum Gasteiger partial charge on any atom is -0.462 e. The molecule has 5 aliphatic carbocycles. The lowest BCUT2D eigenvalue weighted by atomic mass is 9.44. The van der Waals surface area contributed by atoms with Crippen molar-refractivity contribution in [2.45, 2.75) is 160 Å². The number of epoxide rings is 1. The number of aliphatic hydroxyl groups is 4. The Morgan fingerprint density at radius 2 is 1.71 bits per heavy atom. The van der Waals surface area contributed by atoms with E-state index >= 15 is 0 Å². The quantitative estimate of drug-likeness (QED) is 0.198. The molecule has 9 rings (SSSR count). The lowest BCUT2D eigenvalue weighted by Gasteiger charge is -2.62. The average molecular weight is 675 g/mol. The number of hydrogen-bond donors (Lipinski definition) is 4. The molecule has 0 unspecified atom stereocenters. The van der Waals surface area contributed by atoms with Gasteiger partial charge in [0.1, 0.15) is 36.1 Å². The number of aliphatic hydroxyl groups excluding tert-OH is 4. The number of rotatable bonds is 3. The van der Waals surface area contributed by atoms with E-state index in [9.17, 15) is 25.2 Å². The molecule has 9 aliphatic rings. The third kappa shape index (κ3) is 3.69. The molecule has 0 bridgehead atoms. The van der Waals surface area contributed by atoms with Gasteiger partial charge in [-0.1, -0.05) is 46.3 Å². The fraction of sp³-hybridized carbons (Fsp3) is 0.919. The van der Waals surface area contributed by atoms with E-state index in [0.29, 0.717) is 12.3 Å². The van der Waals surface area contributed by atoms with E-state index in [2.05, 4.69) is 40.7 Å². The average Bonchev–Trinajstić information content (AvgIpc) is 3.84. The Balaban J connectivity index is 1.06. The van der Waals surface area contributed by atoms with Crippen molar-refractivity contribution in [2.24, 2.45) is 44.8 Å². The van der Waals surface area contributed by atoms with Gasteiger partial charge in [0.05, 0.1) is 18.8 Å². The van der Waals surface area contributed by atoms with E-state index in [1.165, 1.54) is 12.5 Å². The van der Waals surface area contributed by atoms with Gasteiger partial charge >= 0.3 is 5.97 Å². The molecule has 0 aromatic rings. The molecule has 0 aromatic carbocycles. The number of carbonyl (C=O) groups excluding carboxylic acids is 1. The van der Waals surface area contributed by atoms with Gasteiger partial charge in [-0.2, -0.15) is 0 Å². The summed E-state index contributed by atoms with van der Waals surface area (Å²) in [5, 5.41) is 41.7. The highest BCUT2D eigenvalue weighted by Crippen LogP contribution is 2.88. The summed E-state index contributed by atoms with van der Waals surface area (Å²) in [6.45, 7) is 14.9. The summed E-state index contributed by atoms with van der Waals surface area (Å²) in [4.78, 5) is 12.9. The van der Waals surface area contributed by atoms with Crippen molar-refractivity contribution in [3.8, 4) is 0 Å². The van der Waals surface area contributed by atoms with Crippen LogP contribution in [0, 0.1) is 44.8 Å². The van der Waals surface area contributed by atoms with Crippen LogP contribution in [0.3, 0.4) is 0 Å². The van der Waals surface area contributed by atoms with E-state index in [1.54, 1.807) is 0 Å². The van der Waals surface area contributed by atoms with Crippen molar-refractivity contribution < 1.29 is 53.6 Å². The largest absolute Gasteiger partial charge is 0.462 e. The van der Waals surface area contributed by atoms with Gasteiger partial charge in [0, 0.05) is 29.6 Å². The maximum atomic E-state index is 12.9. The molecular formula is C37H54O11. The maximum Gasteiger partial charge on any atom is 0.302 e. The molecular weight excluding hydrogens is 620 g/mol. The second kappa shape index (κ2) is 9.63. The standard InChI is InChI=1S/C37H54O11/c1-17-12-37(29-34(7,47-29)30(42)48-37)46-20-13-32(5)22-9-8-21-31(3,4)23(45-28-27(41)26(40)19(39)15-43-28)10-11-35(21)16-36(22,35)14-24(44-18(2)38)33(32,6)25(17)20/h9,17,19-21,23-30,39-42H,8,10-16H2,1-7H3/t17-,19-,20+,21+,23+,24-,25+,26+,27-,28+,29+,30-,32+,33-,34-,35-,36+,37-/m1/s1. The highest BCUT2D eigenvalue weighted by atomic mass is 16.8. The van der Waals surface area contributed by atoms with Gasteiger partial charge in [-0.3, -0.25) is 4.79 Å². The van der Waals surface area contributed by atoms with E-state index in [-0.39, 0.29) is 75.9 Å². The molecule has 268 valence electrons. The van der Waals surface area contributed by atoms with E-state index in [4.69, 9.17) is 28.4 Å². The van der Waals surface area contributed by atoms with E-state index in [0.717, 1.165) is 38.5 Å². The van der Waals surface area contributed by atoms with Crippen molar-refractivity contribution in [2.75, 3.05) is 6.61 Å². The molecule has 0 radical (unpaired) electrons. The third-order valence-corrected chi connectivity index (χ3v) is 16.1. The molecule has 11 nitrogen and oxygen atoms in total. The summed E-state index contributed by atoms with van der Waals surface area (Å²) in [5.74, 6) is -0.600. The maximum absolute atomic E-state index is 12.9. The fourth-order valence-electron chi connectivity index (χ4n) is 13.8. The molecule has 4 saturated carbocycles. The summed E-state index contributed by atoms with van der Waals surface area (Å²) in [6, 6.07) is 0. The van der Waals surface area contributed by atoms with Crippen LogP contribution in [0.5, 0.6) is 0 Å². The van der Waals surface area contributed by atoms with Crippen LogP contribution in [0.4, 0.5) is 0 Å². The number of esters is 1. The Kier molecular flexibility index (Phi) is 6.57. The first-order valence-corrected chi connectivity index (χ1v) is 18.3. The predicted molar refractivity (Wildman–Crippen MR) is 168 cm³/mol. The molecule has 48 heavy (non-hydrogen) atoms. The number of ether oxygens (including phenoxy) is 6. The number of carbonyl (C=O) groups is 1. The molecule has 4 aliphatic heterocycles. The minimum absolute atomic E-state index is 0.0364. The van der Waals surface area contributed by atoms with Crippen molar-refractivity contribution in [3.63, 3.8) is 0 Å². The van der Waals surface area contributed by atoms with Crippen molar-refractivity contribution in [1.29, 1.82) is 0 Å². The molecule has 0 aromatic heterocycles. The van der Waals surface area contributed by atoms with Crippen LogP contribution in [-0.2, 0) is 33.2 Å². The van der Waals surface area contributed by atoms with Gasteiger partial charge in [0.2, 0.25) is 5.79 Å². The second-order valence-electron chi connectivity index (χ2n) is 18.5. The summed E-state index contributed by atoms with van der Waals surface area (Å²) in [7, 11) is 0. The molecule has 4 N–H and O–H groups in total. The summed E-state index contributed by atoms with van der Waals surface area (Å²) in [5.41, 5.74) is -0.191. The van der Waals surface area contributed by atoms with Crippen LogP contribution in [0.1, 0.15) is 93.4 Å². The Hall–Kier alpha value is -1.15. The highest BCUT2D eigenvalue weighted by Gasteiger charge is 2.85. The van der Waals surface area contributed by atoms with Crippen LogP contribution in [0.2, 0.25) is 0 Å². The molecule has 4 saturated heterocycles. The molecule has 11 heteroatoms. The third-order valence-electron chi connectivity index (χ3n) is 16.1. The lowest BCUT2D eigenvalue weighted by molar-refractivity contribution is -0.345. The van der Waals surface area contributed by atoms with Gasteiger partial charge in [0.15, 0.2) is 12.6 Å². The molecule has 3 spiro atoms. The monoisotopic (exact) mass is 674 g/mol. The topological polar surface area (TPSA) is 157 Å². The molecule has 0 amide bonds. The van der Waals surface area contributed by atoms with Crippen molar-refractivity contribution in [3.05, 3.63) is 11.6 Å². The van der Waals surface area contributed by atoms with Gasteiger partial charge in [-0.05, 0) is 74.0 Å². The number of fused-ring (bicyclic) bond motifs is 6. The zero-order chi connectivity index (χ0) is 34.2. The van der Waals surface area contributed by atoms with Gasteiger partial charge in [-0.25, -0.2) is 0 Å². The van der Waals surface area contributed by atoms with Crippen molar-refractivity contribution in [1.82, 2.24) is 0 Å². The first-order valence-electron chi connectivity index (χ1n) is 18.3. The fourth-order valence-corrected chi connectivity index (χ4v) is 13.8. The van der Waals surface area contributed by atoms with E-state index < -0.39 is 42.3 Å². The second-order valence-corrected chi connectivity index (χ2v) is 18.5. The molecule has 8 fully saturated rings. The predicted octanol–water partition coefficient (Wildman–Crippen LogP) is 2.95. The Bertz CT molecular complexity index is 1450. The Labute approximate surface area is 282 Å². The minimum atomic E-state index is -1.32. The summed E-state index contributed by atoms with van der Waals surface area (Å²) < 4.78 is 37.8. The summed E-state index contributed by atoms with van der Waals surface area (Å²) >= 11 is 0. The van der Waals surface area contributed by atoms with Crippen molar-refractivity contribution >= 4 is 5.97 Å². The number of allylic oxidation sites excluding steroid dienone is 2. The van der Waals surface area contributed by atoms with Gasteiger partial charge < -0.3 is 48.8 Å². The SMILES string of the molecule is CC(=O)O[C@@H]1C[C@@]23C[C@@]24CC[C@H](O[C@@H]2OC[C@@H](O)[C@H](O)[C@H]2O)C(C)(C)[C@@H]4CC=C3[C@]2(C)C[C@@H]3O[C@]4(C[C@@H](C)[C@@H]3[C@@]12C)O[C@@H](O)[C@]1(C)O[C@H]41. The van der Waals surface area contributed by atoms with Crippen LogP contribution < -0.4 is 0 Å². The van der Waals surface area contributed by atoms with Crippen LogP contribution in [0.15, 0.2) is 11.6 Å². The highest BCUT2D eigenvalue weighted by molar-refractivity contribution is 5.66. The number of hydrogen-bond acceptors (Lipinski definition) is 11. The zero-order valence-corrected chi connectivity index (χ0v) is 29.3. The van der Waals surface area contributed by atoms with Gasteiger partial charge in [-0.15, -0.1) is 0 Å². The first kappa shape index (κ1) is 32.7. The lowest BCUT2D eigenvalue weighted by Crippen LogP contribution is -2.61. The van der Waals surface area contributed by atoms with Crippen LogP contribution >= 0.6 is 0 Å².